The zero-order valence-corrected chi connectivity index (χ0v) is 9.24. The monoisotopic (exact) mass is 191 g/mol. The highest BCUT2D eigenvalue weighted by Crippen LogP contribution is 2.04. The predicted octanol–water partition coefficient (Wildman–Crippen LogP) is 3.07. The van der Waals surface area contributed by atoms with E-state index in [1.807, 2.05) is 39.0 Å². The van der Waals surface area contributed by atoms with Crippen LogP contribution < -0.4 is 0 Å². The van der Waals surface area contributed by atoms with Crippen molar-refractivity contribution in [2.75, 3.05) is 0 Å². The van der Waals surface area contributed by atoms with Crippen molar-refractivity contribution in [3.8, 4) is 0 Å². The molecule has 0 atom stereocenters. The fourth-order valence-electron chi connectivity index (χ4n) is 1.02. The molecule has 76 valence electrons. The Morgan fingerprint density at radius 1 is 1.14 bits per heavy atom. The number of allylic oxidation sites excluding steroid dienone is 6. The van der Waals surface area contributed by atoms with Crippen LogP contribution in [0.25, 0.3) is 0 Å². The van der Waals surface area contributed by atoms with Crippen molar-refractivity contribution in [2.45, 2.75) is 27.7 Å². The minimum Gasteiger partial charge on any atom is -0.296 e. The van der Waals surface area contributed by atoms with Crippen molar-refractivity contribution in [3.63, 3.8) is 0 Å². The third-order valence-corrected chi connectivity index (χ3v) is 1.79. The highest BCUT2D eigenvalue weighted by atomic mass is 16.1. The molecule has 0 bridgehead atoms. The number of aldehydes is 1. The Morgan fingerprint density at radius 2 is 1.79 bits per heavy atom. The largest absolute Gasteiger partial charge is 0.296 e. The van der Waals surface area contributed by atoms with Gasteiger partial charge in [0.2, 0.25) is 0 Å². The summed E-state index contributed by atoms with van der Waals surface area (Å²) in [5.41, 5.74) is 2.35. The van der Waals surface area contributed by atoms with Gasteiger partial charge in [0.25, 0.3) is 0 Å². The zero-order chi connectivity index (χ0) is 11.0. The Morgan fingerprint density at radius 3 is 2.14 bits per heavy atom. The van der Waals surface area contributed by atoms with E-state index in [0.717, 1.165) is 17.6 Å². The van der Waals surface area contributed by atoms with E-state index in [-0.39, 0.29) is 0 Å². The van der Waals surface area contributed by atoms with Gasteiger partial charge >= 0.3 is 0 Å². The van der Waals surface area contributed by atoms with Crippen molar-refractivity contribution >= 4 is 12.0 Å². The fourth-order valence-corrected chi connectivity index (χ4v) is 1.02. The van der Waals surface area contributed by atoms with Crippen LogP contribution in [-0.2, 0) is 4.79 Å². The summed E-state index contributed by atoms with van der Waals surface area (Å²) < 4.78 is 0. The Hall–Kier alpha value is -1.44. The van der Waals surface area contributed by atoms with Crippen molar-refractivity contribution < 1.29 is 4.79 Å². The summed E-state index contributed by atoms with van der Waals surface area (Å²) in [6.45, 7) is 7.59. The molecule has 0 unspecified atom stereocenters. The van der Waals surface area contributed by atoms with E-state index in [0.29, 0.717) is 5.70 Å². The lowest BCUT2D eigenvalue weighted by Crippen LogP contribution is -1.96. The van der Waals surface area contributed by atoms with Gasteiger partial charge in [-0.15, -0.1) is 0 Å². The van der Waals surface area contributed by atoms with Crippen LogP contribution in [0.2, 0.25) is 0 Å². The summed E-state index contributed by atoms with van der Waals surface area (Å²) in [4.78, 5) is 14.7. The van der Waals surface area contributed by atoms with Crippen LogP contribution in [0.15, 0.2) is 40.6 Å². The minimum atomic E-state index is 0.464. The third-order valence-electron chi connectivity index (χ3n) is 1.79. The molecule has 0 aromatic carbocycles. The number of carbonyl (C=O) groups is 1. The van der Waals surface area contributed by atoms with Gasteiger partial charge < -0.3 is 0 Å². The zero-order valence-electron chi connectivity index (χ0n) is 9.24. The van der Waals surface area contributed by atoms with Crippen LogP contribution in [0.3, 0.4) is 0 Å². The minimum absolute atomic E-state index is 0.464. The van der Waals surface area contributed by atoms with Crippen LogP contribution in [-0.4, -0.2) is 12.0 Å². The number of carbonyl (C=O) groups excluding carboxylic acids is 1. The third kappa shape index (κ3) is 3.99. The molecule has 0 heterocycles. The number of nitrogens with zero attached hydrogens (tertiary/aromatic N) is 1. The molecule has 0 aliphatic carbocycles. The number of aliphatic imine (C=N–C) groups is 1. The van der Waals surface area contributed by atoms with Gasteiger partial charge in [0, 0.05) is 5.71 Å². The molecule has 0 saturated carbocycles. The van der Waals surface area contributed by atoms with Gasteiger partial charge in [-0.25, -0.2) is 0 Å². The molecule has 0 amide bonds. The van der Waals surface area contributed by atoms with Gasteiger partial charge in [0.15, 0.2) is 6.29 Å². The van der Waals surface area contributed by atoms with Crippen LogP contribution >= 0.6 is 0 Å². The first-order valence-electron chi connectivity index (χ1n) is 4.65. The molecule has 0 rings (SSSR count). The second-order valence-electron chi connectivity index (χ2n) is 2.77. The molecule has 0 radical (unpaired) electrons. The van der Waals surface area contributed by atoms with E-state index >= 15 is 0 Å². The van der Waals surface area contributed by atoms with E-state index < -0.39 is 0 Å². The standard InChI is InChI=1S/C12H17NO/c1-5-8-11(6-2)10(4)13-12(7-3)9-14/h5-9H,1-4H3/b8-5-,11-6+,12-7-,13-10+. The van der Waals surface area contributed by atoms with Gasteiger partial charge in [-0.3, -0.25) is 9.79 Å². The van der Waals surface area contributed by atoms with E-state index in [1.165, 1.54) is 0 Å². The molecule has 14 heavy (non-hydrogen) atoms. The maximum atomic E-state index is 10.5. The van der Waals surface area contributed by atoms with Crippen molar-refractivity contribution in [1.82, 2.24) is 0 Å². The lowest BCUT2D eigenvalue weighted by molar-refractivity contribution is -0.104. The molecule has 0 aromatic heterocycles. The van der Waals surface area contributed by atoms with Gasteiger partial charge in [-0.2, -0.15) is 0 Å². The van der Waals surface area contributed by atoms with Crippen LogP contribution in [0, 0.1) is 0 Å². The predicted molar refractivity (Wildman–Crippen MR) is 61.5 cm³/mol. The van der Waals surface area contributed by atoms with E-state index in [1.54, 1.807) is 13.0 Å². The summed E-state index contributed by atoms with van der Waals surface area (Å²) in [5, 5.41) is 0. The lowest BCUT2D eigenvalue weighted by Gasteiger charge is -2.00. The van der Waals surface area contributed by atoms with Crippen molar-refractivity contribution in [2.24, 2.45) is 4.99 Å². The number of hydrogen-bond donors (Lipinski definition) is 0. The Kier molecular flexibility index (Phi) is 6.29. The maximum Gasteiger partial charge on any atom is 0.168 e. The molecule has 2 heteroatoms. The molecule has 0 N–H and O–H groups in total. The van der Waals surface area contributed by atoms with Crippen LogP contribution in [0.1, 0.15) is 27.7 Å². The van der Waals surface area contributed by atoms with Gasteiger partial charge in [0.05, 0.1) is 5.70 Å². The smallest absolute Gasteiger partial charge is 0.168 e. The number of rotatable bonds is 4. The first-order valence-corrected chi connectivity index (χ1v) is 4.65. The van der Waals surface area contributed by atoms with Crippen LogP contribution in [0.5, 0.6) is 0 Å². The van der Waals surface area contributed by atoms with Crippen LogP contribution in [0.4, 0.5) is 0 Å². The second kappa shape index (κ2) is 7.01. The molecular formula is C12H17NO. The summed E-state index contributed by atoms with van der Waals surface area (Å²) >= 11 is 0. The normalized spacial score (nSPS) is 15.0. The first-order chi connectivity index (χ1) is 6.69. The van der Waals surface area contributed by atoms with Gasteiger partial charge in [-0.1, -0.05) is 24.3 Å². The van der Waals surface area contributed by atoms with E-state index in [2.05, 4.69) is 4.99 Å². The number of hydrogen-bond acceptors (Lipinski definition) is 2. The Balaban J connectivity index is 4.91. The van der Waals surface area contributed by atoms with Gasteiger partial charge in [-0.05, 0) is 33.3 Å². The summed E-state index contributed by atoms with van der Waals surface area (Å²) in [6.07, 6.45) is 8.34. The molecule has 2 nitrogen and oxygen atoms in total. The topological polar surface area (TPSA) is 29.4 Å². The van der Waals surface area contributed by atoms with Gasteiger partial charge in [0.1, 0.15) is 0 Å². The summed E-state index contributed by atoms with van der Waals surface area (Å²) in [5.74, 6) is 0. The average Bonchev–Trinajstić information content (AvgIpc) is 2.22. The molecule has 0 aliphatic rings. The van der Waals surface area contributed by atoms with E-state index in [4.69, 9.17) is 0 Å². The second-order valence-corrected chi connectivity index (χ2v) is 2.77. The maximum absolute atomic E-state index is 10.5. The Labute approximate surface area is 85.7 Å². The lowest BCUT2D eigenvalue weighted by atomic mass is 10.1. The Bertz CT molecular complexity index is 306. The van der Waals surface area contributed by atoms with Crippen molar-refractivity contribution in [3.05, 3.63) is 35.6 Å². The molecule has 0 spiro atoms. The quantitative estimate of drug-likeness (QED) is 0.290. The van der Waals surface area contributed by atoms with E-state index in [9.17, 15) is 4.79 Å². The fraction of sp³-hybridized carbons (Fsp3) is 0.333. The molecule has 0 fully saturated rings. The molecule has 0 aliphatic heterocycles. The summed E-state index contributed by atoms with van der Waals surface area (Å²) in [7, 11) is 0. The SMILES string of the molecule is C\C=C/C(=C\C)C(/C)=N/C(C=O)=C\C. The molecular weight excluding hydrogens is 174 g/mol. The summed E-state index contributed by atoms with van der Waals surface area (Å²) in [6, 6.07) is 0. The first kappa shape index (κ1) is 12.6. The highest BCUT2D eigenvalue weighted by molar-refractivity contribution is 6.02. The molecule has 0 saturated heterocycles. The van der Waals surface area contributed by atoms with Crippen molar-refractivity contribution in [1.29, 1.82) is 0 Å². The molecule has 0 aromatic rings. The average molecular weight is 191 g/mol. The highest BCUT2D eigenvalue weighted by Gasteiger charge is 1.97.